The summed E-state index contributed by atoms with van der Waals surface area (Å²) in [7, 11) is 2.63. The summed E-state index contributed by atoms with van der Waals surface area (Å²) in [6.07, 6.45) is 1.14. The summed E-state index contributed by atoms with van der Waals surface area (Å²) in [5, 5.41) is 11.1. The summed E-state index contributed by atoms with van der Waals surface area (Å²) in [5.41, 5.74) is 0.690. The molecule has 106 valence electrons. The summed E-state index contributed by atoms with van der Waals surface area (Å²) in [4.78, 5) is 11.5. The predicted octanol–water partition coefficient (Wildman–Crippen LogP) is 3.09. The molecule has 5 nitrogen and oxygen atoms in total. The Kier molecular flexibility index (Phi) is 6.77. The van der Waals surface area contributed by atoms with Crippen molar-refractivity contribution in [1.82, 2.24) is 0 Å². The molecular weight excluding hydrogens is 302 g/mol. The van der Waals surface area contributed by atoms with Crippen molar-refractivity contribution >= 4 is 29.3 Å². The van der Waals surface area contributed by atoms with Crippen molar-refractivity contribution in [2.24, 2.45) is 0 Å². The molecule has 0 amide bonds. The molecular formula is C13H12ClNO4S. The molecule has 0 aliphatic heterocycles. The van der Waals surface area contributed by atoms with E-state index in [1.807, 2.05) is 5.40 Å². The van der Waals surface area contributed by atoms with Crippen LogP contribution in [0, 0.1) is 10.7 Å². The third kappa shape index (κ3) is 4.68. The van der Waals surface area contributed by atoms with Gasteiger partial charge in [-0.15, -0.1) is 0 Å². The molecule has 7 heteroatoms. The first-order valence-electron chi connectivity index (χ1n) is 5.40. The van der Waals surface area contributed by atoms with Crippen molar-refractivity contribution in [3.63, 3.8) is 0 Å². The summed E-state index contributed by atoms with van der Waals surface area (Å²) in [6.45, 7) is 0. The van der Waals surface area contributed by atoms with E-state index in [-0.39, 0.29) is 5.76 Å². The van der Waals surface area contributed by atoms with Crippen LogP contribution in [0.2, 0.25) is 5.02 Å². The zero-order chi connectivity index (χ0) is 15.0. The first-order chi connectivity index (χ1) is 9.62. The van der Waals surface area contributed by atoms with Crippen LogP contribution in [0.1, 0.15) is 5.56 Å². The first kappa shape index (κ1) is 16.2. The largest absolute Gasteiger partial charge is 0.500 e. The number of methoxy groups -OCH3 is 2. The fourth-order valence-electron chi connectivity index (χ4n) is 1.31. The molecule has 0 aliphatic rings. The van der Waals surface area contributed by atoms with Gasteiger partial charge in [0.2, 0.25) is 5.76 Å². The maximum atomic E-state index is 11.5. The molecule has 0 fully saturated rings. The lowest BCUT2D eigenvalue weighted by Crippen LogP contribution is -2.12. The normalized spacial score (nSPS) is 10.6. The standard InChI is InChI=1S/C13H12ClNO4S/c1-17-6-12(13(16)18-2)19-11-4-3-10(14)5-9(11)7-20-8-15/h3-6H,7H2,1-2H3/b12-6+. The van der Waals surface area contributed by atoms with E-state index in [0.717, 1.165) is 18.0 Å². The lowest BCUT2D eigenvalue weighted by Gasteiger charge is -2.11. The Morgan fingerprint density at radius 3 is 2.85 bits per heavy atom. The highest BCUT2D eigenvalue weighted by Gasteiger charge is 2.15. The van der Waals surface area contributed by atoms with Crippen LogP contribution >= 0.6 is 23.4 Å². The van der Waals surface area contributed by atoms with Gasteiger partial charge >= 0.3 is 5.97 Å². The topological polar surface area (TPSA) is 68.5 Å². The molecule has 0 saturated carbocycles. The summed E-state index contributed by atoms with van der Waals surface area (Å²) >= 11 is 6.94. The molecule has 1 aromatic carbocycles. The molecule has 0 heterocycles. The van der Waals surface area contributed by atoms with Gasteiger partial charge in [0.15, 0.2) is 0 Å². The second-order valence-corrected chi connectivity index (χ2v) is 4.64. The number of carbonyl (C=O) groups excluding carboxylic acids is 1. The lowest BCUT2D eigenvalue weighted by molar-refractivity contribution is -0.138. The first-order valence-corrected chi connectivity index (χ1v) is 6.77. The van der Waals surface area contributed by atoms with Gasteiger partial charge in [-0.1, -0.05) is 11.6 Å². The number of thioether (sulfide) groups is 1. The van der Waals surface area contributed by atoms with Gasteiger partial charge in [0, 0.05) is 16.3 Å². The number of benzene rings is 1. The zero-order valence-corrected chi connectivity index (χ0v) is 12.5. The van der Waals surface area contributed by atoms with Crippen LogP contribution in [0.15, 0.2) is 30.2 Å². The number of ether oxygens (including phenoxy) is 3. The van der Waals surface area contributed by atoms with Crippen molar-refractivity contribution in [2.45, 2.75) is 5.75 Å². The summed E-state index contributed by atoms with van der Waals surface area (Å²) < 4.78 is 14.8. The number of hydrogen-bond acceptors (Lipinski definition) is 6. The number of nitriles is 1. The Hall–Kier alpha value is -1.84. The van der Waals surface area contributed by atoms with E-state index in [9.17, 15) is 4.79 Å². The van der Waals surface area contributed by atoms with Crippen molar-refractivity contribution in [1.29, 1.82) is 5.26 Å². The zero-order valence-electron chi connectivity index (χ0n) is 10.9. The molecule has 0 aromatic heterocycles. The van der Waals surface area contributed by atoms with Gasteiger partial charge in [0.25, 0.3) is 0 Å². The van der Waals surface area contributed by atoms with E-state index < -0.39 is 5.97 Å². The Morgan fingerprint density at radius 2 is 2.25 bits per heavy atom. The van der Waals surface area contributed by atoms with Crippen LogP contribution in [0.5, 0.6) is 5.75 Å². The third-order valence-electron chi connectivity index (χ3n) is 2.15. The molecule has 0 aliphatic carbocycles. The number of thiocyanates is 1. The molecule has 20 heavy (non-hydrogen) atoms. The number of carbonyl (C=O) groups is 1. The molecule has 0 atom stereocenters. The molecule has 0 bridgehead atoms. The minimum Gasteiger partial charge on any atom is -0.500 e. The van der Waals surface area contributed by atoms with Crippen molar-refractivity contribution in [3.8, 4) is 11.2 Å². The van der Waals surface area contributed by atoms with E-state index in [1.54, 1.807) is 18.2 Å². The summed E-state index contributed by atoms with van der Waals surface area (Å²) in [5.74, 6) is 0.0282. The number of esters is 1. The van der Waals surface area contributed by atoms with E-state index in [4.69, 9.17) is 26.3 Å². The quantitative estimate of drug-likeness (QED) is 0.348. The molecule has 0 unspecified atom stereocenters. The van der Waals surface area contributed by atoms with Gasteiger partial charge in [-0.2, -0.15) is 5.26 Å². The monoisotopic (exact) mass is 313 g/mol. The molecule has 0 spiro atoms. The van der Waals surface area contributed by atoms with Crippen LogP contribution in [-0.4, -0.2) is 20.2 Å². The van der Waals surface area contributed by atoms with Gasteiger partial charge < -0.3 is 14.2 Å². The highest BCUT2D eigenvalue weighted by Crippen LogP contribution is 2.28. The van der Waals surface area contributed by atoms with E-state index in [1.165, 1.54) is 14.2 Å². The SMILES string of the molecule is CO/C=C(/Oc1ccc(Cl)cc1CSC#N)C(=O)OC. The van der Waals surface area contributed by atoms with Crippen LogP contribution in [0.4, 0.5) is 0 Å². The molecule has 1 aromatic rings. The Labute approximate surface area is 126 Å². The maximum absolute atomic E-state index is 11.5. The van der Waals surface area contributed by atoms with E-state index >= 15 is 0 Å². The van der Waals surface area contributed by atoms with E-state index in [0.29, 0.717) is 22.1 Å². The van der Waals surface area contributed by atoms with Crippen LogP contribution in [0.3, 0.4) is 0 Å². The second kappa shape index (κ2) is 8.35. The molecule has 0 N–H and O–H groups in total. The average molecular weight is 314 g/mol. The Balaban J connectivity index is 3.03. The fourth-order valence-corrected chi connectivity index (χ4v) is 1.95. The lowest BCUT2D eigenvalue weighted by atomic mass is 10.2. The second-order valence-electron chi connectivity index (χ2n) is 3.44. The number of hydrogen-bond donors (Lipinski definition) is 0. The highest BCUT2D eigenvalue weighted by atomic mass is 35.5. The minimum absolute atomic E-state index is 0.0967. The Morgan fingerprint density at radius 1 is 1.50 bits per heavy atom. The molecule has 0 saturated heterocycles. The maximum Gasteiger partial charge on any atom is 0.377 e. The van der Waals surface area contributed by atoms with E-state index in [2.05, 4.69) is 4.74 Å². The number of rotatable bonds is 6. The van der Waals surface area contributed by atoms with Crippen LogP contribution in [-0.2, 0) is 20.0 Å². The number of halogens is 1. The molecule has 1 rings (SSSR count). The van der Waals surface area contributed by atoms with Gasteiger partial charge in [-0.25, -0.2) is 4.79 Å². The molecule has 0 radical (unpaired) electrons. The number of nitrogens with zero attached hydrogens (tertiary/aromatic N) is 1. The fraction of sp³-hybridized carbons (Fsp3) is 0.231. The van der Waals surface area contributed by atoms with Gasteiger partial charge in [-0.3, -0.25) is 0 Å². The predicted molar refractivity (Wildman–Crippen MR) is 76.1 cm³/mol. The van der Waals surface area contributed by atoms with Crippen molar-refractivity contribution in [3.05, 3.63) is 40.8 Å². The highest BCUT2D eigenvalue weighted by molar-refractivity contribution is 8.02. The van der Waals surface area contributed by atoms with Crippen molar-refractivity contribution < 1.29 is 19.0 Å². The minimum atomic E-state index is -0.666. The average Bonchev–Trinajstić information content (AvgIpc) is 2.45. The summed E-state index contributed by atoms with van der Waals surface area (Å²) in [6, 6.07) is 4.91. The van der Waals surface area contributed by atoms with Crippen molar-refractivity contribution in [2.75, 3.05) is 14.2 Å². The third-order valence-corrected chi connectivity index (χ3v) is 2.97. The van der Waals surface area contributed by atoms with Crippen LogP contribution in [0.25, 0.3) is 0 Å². The van der Waals surface area contributed by atoms with Crippen LogP contribution < -0.4 is 4.74 Å². The van der Waals surface area contributed by atoms with Gasteiger partial charge in [0.05, 0.1) is 14.2 Å². The smallest absolute Gasteiger partial charge is 0.377 e. The van der Waals surface area contributed by atoms with Gasteiger partial charge in [-0.05, 0) is 30.0 Å². The van der Waals surface area contributed by atoms with Gasteiger partial charge in [0.1, 0.15) is 17.4 Å². The Bertz CT molecular complexity index is 554.